The lowest BCUT2D eigenvalue weighted by molar-refractivity contribution is 0.0174. The van der Waals surface area contributed by atoms with Crippen molar-refractivity contribution in [1.29, 1.82) is 0 Å². The molecule has 22 heavy (non-hydrogen) atoms. The average molecular weight is 302 g/mol. The molecule has 0 radical (unpaired) electrons. The third-order valence-electron chi connectivity index (χ3n) is 3.54. The summed E-state index contributed by atoms with van der Waals surface area (Å²) in [7, 11) is 0. The second-order valence-electron chi connectivity index (χ2n) is 5.31. The van der Waals surface area contributed by atoms with Crippen LogP contribution in [0.5, 0.6) is 0 Å². The van der Waals surface area contributed by atoms with Gasteiger partial charge in [0.25, 0.3) is 5.92 Å². The fourth-order valence-electron chi connectivity index (χ4n) is 2.27. The summed E-state index contributed by atoms with van der Waals surface area (Å²) in [5.74, 6) is -1.95. The zero-order valence-electron chi connectivity index (χ0n) is 12.4. The summed E-state index contributed by atoms with van der Waals surface area (Å²) < 4.78 is 30.6. The minimum atomic E-state index is -2.85. The lowest BCUT2D eigenvalue weighted by Crippen LogP contribution is -2.07. The molecule has 0 fully saturated rings. The molecule has 1 aromatic carbocycles. The van der Waals surface area contributed by atoms with Gasteiger partial charge in [0.15, 0.2) is 0 Å². The molecule has 2 aromatic heterocycles. The number of aromatic nitrogens is 4. The highest BCUT2D eigenvalue weighted by atomic mass is 19.3. The molecular formula is C16H16F2N4. The molecule has 0 N–H and O–H groups in total. The average Bonchev–Trinajstić information content (AvgIpc) is 3.09. The Morgan fingerprint density at radius 3 is 2.73 bits per heavy atom. The maximum absolute atomic E-state index is 13.4. The number of aryl methyl sites for hydroxylation is 1. The molecule has 0 aliphatic heterocycles. The van der Waals surface area contributed by atoms with Crippen LogP contribution in [0.2, 0.25) is 0 Å². The smallest absolute Gasteiger partial charge is 0.270 e. The van der Waals surface area contributed by atoms with Crippen LogP contribution >= 0.6 is 0 Å². The van der Waals surface area contributed by atoms with Crippen molar-refractivity contribution < 1.29 is 8.78 Å². The van der Waals surface area contributed by atoms with Crippen molar-refractivity contribution in [3.63, 3.8) is 0 Å². The Bertz CT molecular complexity index is 783. The number of hydrogen-bond donors (Lipinski definition) is 0. The normalized spacial score (nSPS) is 11.8. The van der Waals surface area contributed by atoms with E-state index in [0.29, 0.717) is 12.2 Å². The summed E-state index contributed by atoms with van der Waals surface area (Å²) in [4.78, 5) is 8.49. The number of hydrogen-bond acceptors (Lipinski definition) is 2. The Kier molecular flexibility index (Phi) is 3.52. The highest BCUT2D eigenvalue weighted by Crippen LogP contribution is 2.28. The van der Waals surface area contributed by atoms with E-state index in [1.807, 2.05) is 23.9 Å². The van der Waals surface area contributed by atoms with E-state index in [9.17, 15) is 8.78 Å². The molecule has 0 saturated carbocycles. The van der Waals surface area contributed by atoms with Crippen LogP contribution in [0.25, 0.3) is 5.69 Å². The Balaban J connectivity index is 1.86. The fraction of sp³-hybridized carbons (Fsp3) is 0.250. The van der Waals surface area contributed by atoms with Gasteiger partial charge in [-0.15, -0.1) is 0 Å². The Morgan fingerprint density at radius 2 is 2.05 bits per heavy atom. The SMILES string of the molecule is Cc1nccn1Cc1cn(-c2cccc(C(C)(F)F)c2)cn1. The number of alkyl halides is 2. The van der Waals surface area contributed by atoms with Gasteiger partial charge in [0.05, 0.1) is 18.6 Å². The molecule has 3 aromatic rings. The first-order valence-electron chi connectivity index (χ1n) is 6.93. The third-order valence-corrected chi connectivity index (χ3v) is 3.54. The van der Waals surface area contributed by atoms with E-state index in [2.05, 4.69) is 9.97 Å². The van der Waals surface area contributed by atoms with Gasteiger partial charge >= 0.3 is 0 Å². The predicted octanol–water partition coefficient (Wildman–Crippen LogP) is 3.54. The van der Waals surface area contributed by atoms with Gasteiger partial charge in [-0.3, -0.25) is 0 Å². The topological polar surface area (TPSA) is 35.6 Å². The number of halogens is 2. The second-order valence-corrected chi connectivity index (χ2v) is 5.31. The molecule has 2 heterocycles. The van der Waals surface area contributed by atoms with Gasteiger partial charge in [-0.25, -0.2) is 18.7 Å². The van der Waals surface area contributed by atoms with Crippen LogP contribution in [0.15, 0.2) is 49.2 Å². The molecule has 114 valence electrons. The minimum Gasteiger partial charge on any atom is -0.329 e. The fourth-order valence-corrected chi connectivity index (χ4v) is 2.27. The monoisotopic (exact) mass is 302 g/mol. The van der Waals surface area contributed by atoms with E-state index in [4.69, 9.17) is 0 Å². The highest BCUT2D eigenvalue weighted by Gasteiger charge is 2.24. The zero-order valence-corrected chi connectivity index (χ0v) is 12.4. The Morgan fingerprint density at radius 1 is 1.23 bits per heavy atom. The van der Waals surface area contributed by atoms with E-state index in [1.165, 1.54) is 12.1 Å². The van der Waals surface area contributed by atoms with Crippen LogP contribution in [0.3, 0.4) is 0 Å². The van der Waals surface area contributed by atoms with Gasteiger partial charge in [-0.2, -0.15) is 0 Å². The van der Waals surface area contributed by atoms with Crippen molar-refractivity contribution in [2.75, 3.05) is 0 Å². The lowest BCUT2D eigenvalue weighted by atomic mass is 10.1. The second kappa shape index (κ2) is 5.36. The molecule has 0 atom stereocenters. The molecule has 6 heteroatoms. The molecule has 3 rings (SSSR count). The van der Waals surface area contributed by atoms with E-state index in [0.717, 1.165) is 18.4 Å². The summed E-state index contributed by atoms with van der Waals surface area (Å²) in [5.41, 5.74) is 1.50. The van der Waals surface area contributed by atoms with E-state index in [-0.39, 0.29) is 5.56 Å². The maximum Gasteiger partial charge on any atom is 0.270 e. The molecular weight excluding hydrogens is 286 g/mol. The van der Waals surface area contributed by atoms with Gasteiger partial charge in [-0.05, 0) is 19.1 Å². The number of imidazole rings is 2. The van der Waals surface area contributed by atoms with Gasteiger partial charge in [0.2, 0.25) is 0 Å². The first kappa shape index (κ1) is 14.4. The Labute approximate surface area is 127 Å². The van der Waals surface area contributed by atoms with Gasteiger partial charge in [-0.1, -0.05) is 12.1 Å². The quantitative estimate of drug-likeness (QED) is 0.739. The highest BCUT2D eigenvalue weighted by molar-refractivity contribution is 5.37. The van der Waals surface area contributed by atoms with E-state index >= 15 is 0 Å². The van der Waals surface area contributed by atoms with Crippen LogP contribution < -0.4 is 0 Å². The van der Waals surface area contributed by atoms with Crippen molar-refractivity contribution in [3.05, 3.63) is 66.3 Å². The molecule has 0 unspecified atom stereocenters. The van der Waals surface area contributed by atoms with Crippen LogP contribution in [0.4, 0.5) is 8.78 Å². The molecule has 4 nitrogen and oxygen atoms in total. The molecule has 0 amide bonds. The zero-order chi connectivity index (χ0) is 15.7. The lowest BCUT2D eigenvalue weighted by Gasteiger charge is -2.12. The van der Waals surface area contributed by atoms with Gasteiger partial charge in [0, 0.05) is 36.8 Å². The molecule has 0 spiro atoms. The van der Waals surface area contributed by atoms with E-state index < -0.39 is 5.92 Å². The van der Waals surface area contributed by atoms with Crippen LogP contribution in [0.1, 0.15) is 24.0 Å². The summed E-state index contributed by atoms with van der Waals surface area (Å²) >= 11 is 0. The minimum absolute atomic E-state index is 0.00861. The Hall–Kier alpha value is -2.50. The number of benzene rings is 1. The van der Waals surface area contributed by atoms with Crippen molar-refractivity contribution in [2.24, 2.45) is 0 Å². The maximum atomic E-state index is 13.4. The van der Waals surface area contributed by atoms with Crippen LogP contribution in [-0.4, -0.2) is 19.1 Å². The molecule has 0 aliphatic carbocycles. The summed E-state index contributed by atoms with van der Waals surface area (Å²) in [5, 5.41) is 0. The molecule has 0 bridgehead atoms. The predicted molar refractivity (Wildman–Crippen MR) is 79.2 cm³/mol. The largest absolute Gasteiger partial charge is 0.329 e. The van der Waals surface area contributed by atoms with Gasteiger partial charge in [0.1, 0.15) is 5.82 Å². The van der Waals surface area contributed by atoms with Gasteiger partial charge < -0.3 is 9.13 Å². The number of rotatable bonds is 4. The summed E-state index contributed by atoms with van der Waals surface area (Å²) in [6.07, 6.45) is 7.09. The van der Waals surface area contributed by atoms with E-state index in [1.54, 1.807) is 29.2 Å². The summed E-state index contributed by atoms with van der Waals surface area (Å²) in [6, 6.07) is 6.31. The standard InChI is InChI=1S/C16H16F2N4/c1-12-19-6-7-21(12)9-14-10-22(11-20-14)15-5-3-4-13(8-15)16(2,17)18/h3-8,10-11H,9H2,1-2H3. The van der Waals surface area contributed by atoms with Crippen molar-refractivity contribution in [3.8, 4) is 5.69 Å². The number of nitrogens with zero attached hydrogens (tertiary/aromatic N) is 4. The molecule has 0 saturated heterocycles. The first-order chi connectivity index (χ1) is 10.4. The van der Waals surface area contributed by atoms with Crippen molar-refractivity contribution in [2.45, 2.75) is 26.3 Å². The molecule has 0 aliphatic rings. The third kappa shape index (κ3) is 2.90. The van der Waals surface area contributed by atoms with Crippen molar-refractivity contribution in [1.82, 2.24) is 19.1 Å². The summed E-state index contributed by atoms with van der Waals surface area (Å²) in [6.45, 7) is 3.42. The van der Waals surface area contributed by atoms with Crippen LogP contribution in [0, 0.1) is 6.92 Å². The van der Waals surface area contributed by atoms with Crippen LogP contribution in [-0.2, 0) is 12.5 Å². The van der Waals surface area contributed by atoms with Crippen molar-refractivity contribution >= 4 is 0 Å². The first-order valence-corrected chi connectivity index (χ1v) is 6.93.